The fourth-order valence-electron chi connectivity index (χ4n) is 5.31. The number of ether oxygens (including phenoxy) is 3. The maximum Gasteiger partial charge on any atom is 0.338 e. The summed E-state index contributed by atoms with van der Waals surface area (Å²) in [5, 5.41) is 0.633. The zero-order chi connectivity index (χ0) is 33.1. The van der Waals surface area contributed by atoms with Crippen LogP contribution in [0.25, 0.3) is 11.8 Å². The molecular weight excluding hydrogens is 862 g/mol. The highest BCUT2D eigenvalue weighted by molar-refractivity contribution is 14.1. The van der Waals surface area contributed by atoms with Gasteiger partial charge in [-0.25, -0.2) is 9.79 Å². The Bertz CT molecular complexity index is 2180. The Morgan fingerprint density at radius 3 is 2.49 bits per heavy atom. The average molecular weight is 889 g/mol. The monoisotopic (exact) mass is 888 g/mol. The van der Waals surface area contributed by atoms with Gasteiger partial charge in [-0.1, -0.05) is 77.5 Å². The molecule has 1 aliphatic heterocycles. The Labute approximate surface area is 307 Å². The first kappa shape index (κ1) is 33.4. The van der Waals surface area contributed by atoms with E-state index in [2.05, 4.69) is 45.2 Å². The van der Waals surface area contributed by atoms with Crippen molar-refractivity contribution in [2.45, 2.75) is 19.6 Å². The van der Waals surface area contributed by atoms with Crippen LogP contribution >= 0.6 is 68.1 Å². The first-order valence-corrected chi connectivity index (χ1v) is 17.9. The lowest BCUT2D eigenvalue weighted by Crippen LogP contribution is -2.40. The molecule has 11 heteroatoms. The van der Waals surface area contributed by atoms with Gasteiger partial charge in [-0.05, 0) is 106 Å². The minimum atomic E-state index is -0.789. The van der Waals surface area contributed by atoms with Crippen LogP contribution in [-0.2, 0) is 16.1 Å². The maximum atomic E-state index is 14.4. The number of hydrogen-bond acceptors (Lipinski definition) is 7. The summed E-state index contributed by atoms with van der Waals surface area (Å²) in [6.07, 6.45) is 1.84. The summed E-state index contributed by atoms with van der Waals surface area (Å²) in [6.45, 7) is 2.24. The van der Waals surface area contributed by atoms with E-state index >= 15 is 0 Å². The smallest absolute Gasteiger partial charge is 0.338 e. The highest BCUT2D eigenvalue weighted by Crippen LogP contribution is 2.36. The van der Waals surface area contributed by atoms with Crippen molar-refractivity contribution in [3.63, 3.8) is 0 Å². The Kier molecular flexibility index (Phi) is 10.5. The van der Waals surface area contributed by atoms with Gasteiger partial charge in [0, 0.05) is 19.7 Å². The van der Waals surface area contributed by atoms with Crippen molar-refractivity contribution in [2.24, 2.45) is 4.99 Å². The first-order valence-electron chi connectivity index (χ1n) is 14.6. The number of halogens is 3. The minimum absolute atomic E-state index is 0.174. The standard InChI is InChI=1S/C36H27ClI2N2O5S/c1-3-45-35(43)30-31(22-9-5-4-6-10-22)40-36-41(32(30)23-12-14-27(44-2)15-13-23)34(42)29(47-36)18-24-17-26(38)19-28(39)33(24)46-20-21-8-7-11-25(37)16-21/h4-19,32H,3,20H2,1-2H3/b29-18-/t32-/m1/s1. The van der Waals surface area contributed by atoms with Crippen LogP contribution in [0.3, 0.4) is 0 Å². The van der Waals surface area contributed by atoms with Crippen molar-refractivity contribution in [1.29, 1.82) is 0 Å². The predicted octanol–water partition coefficient (Wildman–Crippen LogP) is 7.39. The fraction of sp³-hybridized carbons (Fsp3) is 0.139. The third-order valence-corrected chi connectivity index (χ3v) is 10.0. The lowest BCUT2D eigenvalue weighted by atomic mass is 9.93. The first-order chi connectivity index (χ1) is 22.8. The lowest BCUT2D eigenvalue weighted by Gasteiger charge is -2.26. The van der Waals surface area contributed by atoms with E-state index in [4.69, 9.17) is 30.8 Å². The summed E-state index contributed by atoms with van der Waals surface area (Å²) in [5.74, 6) is 0.777. The summed E-state index contributed by atoms with van der Waals surface area (Å²) in [4.78, 5) is 33.6. The number of carbonyl (C=O) groups is 1. The molecule has 2 heterocycles. The van der Waals surface area contributed by atoms with E-state index in [9.17, 15) is 9.59 Å². The molecule has 1 aliphatic rings. The molecule has 0 radical (unpaired) electrons. The summed E-state index contributed by atoms with van der Waals surface area (Å²) in [5.41, 5.74) is 3.62. The molecule has 0 amide bonds. The maximum absolute atomic E-state index is 14.4. The van der Waals surface area contributed by atoms with E-state index in [1.54, 1.807) is 18.6 Å². The Hall–Kier alpha value is -3.46. The Morgan fingerprint density at radius 1 is 1.02 bits per heavy atom. The molecule has 0 saturated heterocycles. The number of nitrogens with zero attached hydrogens (tertiary/aromatic N) is 2. The summed E-state index contributed by atoms with van der Waals surface area (Å²) >= 11 is 12.0. The van der Waals surface area contributed by atoms with Crippen molar-refractivity contribution in [3.05, 3.63) is 151 Å². The molecule has 238 valence electrons. The zero-order valence-electron chi connectivity index (χ0n) is 25.2. The van der Waals surface area contributed by atoms with E-state index in [0.717, 1.165) is 29.4 Å². The SMILES string of the molecule is CCOC(=O)C1=C(c2ccccc2)N=c2s/c(=C\c3cc(I)cc(I)c3OCc3cccc(Cl)c3)c(=O)n2[C@@H]1c1ccc(OC)cc1. The number of rotatable bonds is 9. The van der Waals surface area contributed by atoms with Gasteiger partial charge in [0.05, 0.1) is 39.1 Å². The third kappa shape index (κ3) is 7.20. The number of fused-ring (bicyclic) bond motifs is 1. The molecule has 0 N–H and O–H groups in total. The van der Waals surface area contributed by atoms with Gasteiger partial charge in [-0.15, -0.1) is 0 Å². The van der Waals surface area contributed by atoms with Crippen LogP contribution < -0.4 is 24.4 Å². The molecule has 4 aromatic carbocycles. The van der Waals surface area contributed by atoms with E-state index in [1.165, 1.54) is 11.3 Å². The zero-order valence-corrected chi connectivity index (χ0v) is 31.1. The molecule has 0 saturated carbocycles. The third-order valence-electron chi connectivity index (χ3n) is 7.40. The van der Waals surface area contributed by atoms with E-state index in [0.29, 0.717) is 38.2 Å². The minimum Gasteiger partial charge on any atom is -0.497 e. The van der Waals surface area contributed by atoms with Gasteiger partial charge >= 0.3 is 5.97 Å². The molecule has 1 aromatic heterocycles. The molecule has 6 rings (SSSR count). The number of aromatic nitrogens is 1. The van der Waals surface area contributed by atoms with Gasteiger partial charge in [0.15, 0.2) is 4.80 Å². The second-order valence-corrected chi connectivity index (χ2v) is 14.3. The van der Waals surface area contributed by atoms with Gasteiger partial charge in [0.25, 0.3) is 5.56 Å². The van der Waals surface area contributed by atoms with Crippen molar-refractivity contribution < 1.29 is 19.0 Å². The van der Waals surface area contributed by atoms with Crippen LogP contribution in [0.1, 0.15) is 35.2 Å². The number of esters is 1. The quantitative estimate of drug-likeness (QED) is 0.114. The largest absolute Gasteiger partial charge is 0.497 e. The summed E-state index contributed by atoms with van der Waals surface area (Å²) < 4.78 is 21.2. The highest BCUT2D eigenvalue weighted by Gasteiger charge is 2.35. The molecule has 5 aromatic rings. The number of hydrogen-bond donors (Lipinski definition) is 0. The number of benzene rings is 4. The van der Waals surface area contributed by atoms with Crippen LogP contribution in [0, 0.1) is 7.14 Å². The normalized spacial score (nSPS) is 14.4. The molecule has 0 bridgehead atoms. The van der Waals surface area contributed by atoms with Crippen LogP contribution in [-0.4, -0.2) is 24.3 Å². The van der Waals surface area contributed by atoms with Crippen LogP contribution in [0.5, 0.6) is 11.5 Å². The van der Waals surface area contributed by atoms with Gasteiger partial charge in [-0.3, -0.25) is 9.36 Å². The van der Waals surface area contributed by atoms with Gasteiger partial charge in [0.1, 0.15) is 18.1 Å². The number of methoxy groups -OCH3 is 1. The van der Waals surface area contributed by atoms with Crippen LogP contribution in [0.2, 0.25) is 5.02 Å². The van der Waals surface area contributed by atoms with Crippen LogP contribution in [0.15, 0.2) is 106 Å². The number of carbonyl (C=O) groups excluding carboxylic acids is 1. The molecule has 0 fully saturated rings. The van der Waals surface area contributed by atoms with Crippen molar-refractivity contribution in [2.75, 3.05) is 13.7 Å². The predicted molar refractivity (Wildman–Crippen MR) is 202 cm³/mol. The molecule has 0 spiro atoms. The molecule has 0 unspecified atom stereocenters. The fourth-order valence-corrected chi connectivity index (χ4v) is 8.56. The molecule has 47 heavy (non-hydrogen) atoms. The van der Waals surface area contributed by atoms with Gasteiger partial charge in [0.2, 0.25) is 0 Å². The number of thiazole rings is 1. The van der Waals surface area contributed by atoms with E-state index < -0.39 is 12.0 Å². The van der Waals surface area contributed by atoms with Crippen molar-refractivity contribution in [3.8, 4) is 11.5 Å². The van der Waals surface area contributed by atoms with Gasteiger partial charge < -0.3 is 14.2 Å². The van der Waals surface area contributed by atoms with Crippen LogP contribution in [0.4, 0.5) is 0 Å². The van der Waals surface area contributed by atoms with E-state index in [1.807, 2.05) is 97.1 Å². The Balaban J connectivity index is 1.56. The average Bonchev–Trinajstić information content (AvgIpc) is 3.38. The van der Waals surface area contributed by atoms with E-state index in [-0.39, 0.29) is 17.7 Å². The summed E-state index contributed by atoms with van der Waals surface area (Å²) in [7, 11) is 1.59. The lowest BCUT2D eigenvalue weighted by molar-refractivity contribution is -0.138. The highest BCUT2D eigenvalue weighted by atomic mass is 127. The second-order valence-electron chi connectivity index (χ2n) is 10.4. The molecule has 0 aliphatic carbocycles. The molecule has 1 atom stereocenters. The molecular formula is C36H27ClI2N2O5S. The Morgan fingerprint density at radius 2 is 1.79 bits per heavy atom. The molecule has 7 nitrogen and oxygen atoms in total. The topological polar surface area (TPSA) is 79.1 Å². The van der Waals surface area contributed by atoms with Crippen molar-refractivity contribution >= 4 is 85.9 Å². The summed E-state index contributed by atoms with van der Waals surface area (Å²) in [6, 6.07) is 27.6. The van der Waals surface area contributed by atoms with Crippen molar-refractivity contribution in [1.82, 2.24) is 4.57 Å². The second kappa shape index (κ2) is 14.8. The van der Waals surface area contributed by atoms with Gasteiger partial charge in [-0.2, -0.15) is 0 Å².